The summed E-state index contributed by atoms with van der Waals surface area (Å²) in [6, 6.07) is 18.2. The molecule has 0 saturated heterocycles. The van der Waals surface area contributed by atoms with E-state index in [0.717, 1.165) is 12.8 Å². The summed E-state index contributed by atoms with van der Waals surface area (Å²) in [5, 5.41) is 2.56. The monoisotopic (exact) mass is 552 g/mol. The summed E-state index contributed by atoms with van der Waals surface area (Å²) in [6.45, 7) is 0. The van der Waals surface area contributed by atoms with Crippen molar-refractivity contribution >= 4 is 67.8 Å². The van der Waals surface area contributed by atoms with Crippen molar-refractivity contribution in [3.05, 3.63) is 58.3 Å². The van der Waals surface area contributed by atoms with Crippen LogP contribution < -0.4 is 9.80 Å². The number of hydrogen-bond donors (Lipinski definition) is 0. The molecule has 0 N–H and O–H groups in total. The van der Waals surface area contributed by atoms with Crippen LogP contribution in [0.15, 0.2) is 58.5 Å². The van der Waals surface area contributed by atoms with Crippen molar-refractivity contribution in [1.29, 1.82) is 0 Å². The fourth-order valence-electron chi connectivity index (χ4n) is 4.29. The molecule has 0 aliphatic heterocycles. The normalized spacial score (nSPS) is 18.4. The van der Waals surface area contributed by atoms with Crippen LogP contribution in [0, 0.1) is 0 Å². The van der Waals surface area contributed by atoms with Crippen molar-refractivity contribution in [1.82, 2.24) is 0 Å². The van der Waals surface area contributed by atoms with Gasteiger partial charge in [0.2, 0.25) is 0 Å². The summed E-state index contributed by atoms with van der Waals surface area (Å²) in [6.07, 6.45) is 8.87. The summed E-state index contributed by atoms with van der Waals surface area (Å²) in [5.74, 6) is 0. The average Bonchev–Trinajstić information content (AvgIpc) is 3.67. The number of anilines is 2. The van der Waals surface area contributed by atoms with E-state index in [2.05, 4.69) is 99.0 Å². The van der Waals surface area contributed by atoms with Gasteiger partial charge in [0.1, 0.15) is 0 Å². The van der Waals surface area contributed by atoms with Gasteiger partial charge in [0.05, 0.1) is 22.1 Å². The van der Waals surface area contributed by atoms with Crippen LogP contribution in [0.2, 0.25) is 0 Å². The van der Waals surface area contributed by atoms with Crippen molar-refractivity contribution in [2.75, 3.05) is 38.0 Å². The van der Waals surface area contributed by atoms with Crippen LogP contribution in [0.4, 0.5) is 10.0 Å². The van der Waals surface area contributed by atoms with E-state index in [1.165, 1.54) is 52.1 Å². The van der Waals surface area contributed by atoms with Gasteiger partial charge in [-0.2, -0.15) is 0 Å². The van der Waals surface area contributed by atoms with Crippen LogP contribution in [-0.2, 0) is 0 Å². The van der Waals surface area contributed by atoms with E-state index in [9.17, 15) is 0 Å². The van der Waals surface area contributed by atoms with Gasteiger partial charge in [0.15, 0.2) is 0 Å². The second-order valence-electron chi connectivity index (χ2n) is 9.44. The topological polar surface area (TPSA) is 31.2 Å². The number of thiophene rings is 4. The molecule has 4 aromatic heterocycles. The van der Waals surface area contributed by atoms with Crippen LogP contribution in [0.25, 0.3) is 19.5 Å². The zero-order chi connectivity index (χ0) is 25.1. The number of hydrogen-bond acceptors (Lipinski definition) is 8. The average molecular weight is 553 g/mol. The lowest BCUT2D eigenvalue weighted by atomic mass is 9.91. The quantitative estimate of drug-likeness (QED) is 0.206. The first-order valence-corrected chi connectivity index (χ1v) is 15.5. The van der Waals surface area contributed by atoms with Crippen molar-refractivity contribution < 1.29 is 0 Å². The molecule has 2 atom stereocenters. The van der Waals surface area contributed by atoms with Crippen LogP contribution in [0.5, 0.6) is 0 Å². The van der Waals surface area contributed by atoms with E-state index in [0.29, 0.717) is 0 Å². The lowest BCUT2D eigenvalue weighted by Crippen LogP contribution is -2.27. The number of nitrogens with zero attached hydrogens (tertiary/aromatic N) is 4. The molecule has 1 saturated carbocycles. The molecule has 188 valence electrons. The van der Waals surface area contributed by atoms with Gasteiger partial charge in [-0.05, 0) is 61.4 Å². The summed E-state index contributed by atoms with van der Waals surface area (Å²) in [5.41, 5.74) is 0. The molecule has 1 aliphatic rings. The molecule has 8 heteroatoms. The van der Waals surface area contributed by atoms with Crippen molar-refractivity contribution in [3.8, 4) is 19.5 Å². The Morgan fingerprint density at radius 3 is 1.36 bits per heavy atom. The SMILES string of the molecule is CN(C)c1ccc(-c2ccc(C=N[C@@H]3CCCC[C@H]3N=Cc3ccc(-c4ccc(N(C)C)s4)s3)s2)s1. The van der Waals surface area contributed by atoms with Gasteiger partial charge in [0, 0.05) is 69.9 Å². The van der Waals surface area contributed by atoms with Gasteiger partial charge < -0.3 is 9.80 Å². The summed E-state index contributed by atoms with van der Waals surface area (Å²) in [7, 11) is 8.36. The molecule has 4 nitrogen and oxygen atoms in total. The van der Waals surface area contributed by atoms with E-state index in [4.69, 9.17) is 9.98 Å². The lowest BCUT2D eigenvalue weighted by molar-refractivity contribution is 0.390. The maximum Gasteiger partial charge on any atom is 0.0910 e. The Labute approximate surface area is 230 Å². The molecule has 0 radical (unpaired) electrons. The summed E-state index contributed by atoms with van der Waals surface area (Å²) >= 11 is 7.30. The van der Waals surface area contributed by atoms with Gasteiger partial charge in [-0.15, -0.1) is 45.3 Å². The first-order chi connectivity index (χ1) is 17.5. The minimum atomic E-state index is 0.266. The van der Waals surface area contributed by atoms with Gasteiger partial charge in [-0.25, -0.2) is 0 Å². The van der Waals surface area contributed by atoms with Crippen molar-refractivity contribution in [2.45, 2.75) is 37.8 Å². The molecule has 1 aliphatic carbocycles. The van der Waals surface area contributed by atoms with Gasteiger partial charge >= 0.3 is 0 Å². The molecule has 0 aromatic carbocycles. The number of aliphatic imine (C=N–C) groups is 2. The van der Waals surface area contributed by atoms with E-state index in [-0.39, 0.29) is 12.1 Å². The summed E-state index contributed by atoms with van der Waals surface area (Å²) in [4.78, 5) is 22.1. The minimum absolute atomic E-state index is 0.266. The Hall–Kier alpha value is -2.26. The summed E-state index contributed by atoms with van der Waals surface area (Å²) < 4.78 is 0. The third-order valence-corrected chi connectivity index (χ3v) is 11.2. The Morgan fingerprint density at radius 2 is 0.972 bits per heavy atom. The molecule has 4 aromatic rings. The smallest absolute Gasteiger partial charge is 0.0910 e. The fourth-order valence-corrected chi connectivity index (χ4v) is 8.10. The van der Waals surface area contributed by atoms with Gasteiger partial charge in [0.25, 0.3) is 0 Å². The molecule has 0 bridgehead atoms. The van der Waals surface area contributed by atoms with Crippen LogP contribution in [0.1, 0.15) is 35.4 Å². The predicted molar refractivity (Wildman–Crippen MR) is 165 cm³/mol. The molecular formula is C28H32N4S4. The molecule has 0 unspecified atom stereocenters. The highest BCUT2D eigenvalue weighted by molar-refractivity contribution is 7.25. The Morgan fingerprint density at radius 1 is 0.583 bits per heavy atom. The van der Waals surface area contributed by atoms with Crippen molar-refractivity contribution in [2.24, 2.45) is 9.98 Å². The first-order valence-electron chi connectivity index (χ1n) is 12.3. The standard InChI is InChI=1S/C28H32N4S4/c1-31(2)27-15-13-25(35-27)23-11-9-19(33-23)17-29-21-7-5-6-8-22(21)30-18-20-10-12-24(34-20)26-14-16-28(36-26)32(3)4/h9-18,21-22H,5-8H2,1-4H3/t21-,22-/m1/s1. The van der Waals surface area contributed by atoms with E-state index >= 15 is 0 Å². The highest BCUT2D eigenvalue weighted by atomic mass is 32.1. The molecule has 36 heavy (non-hydrogen) atoms. The fraction of sp³-hybridized carbons (Fsp3) is 0.357. The van der Waals surface area contributed by atoms with E-state index < -0.39 is 0 Å². The molecular weight excluding hydrogens is 521 g/mol. The van der Waals surface area contributed by atoms with E-state index in [1.807, 2.05) is 45.3 Å². The molecule has 0 amide bonds. The molecule has 1 fully saturated rings. The lowest BCUT2D eigenvalue weighted by Gasteiger charge is -2.25. The maximum atomic E-state index is 5.03. The Kier molecular flexibility index (Phi) is 8.06. The highest BCUT2D eigenvalue weighted by Gasteiger charge is 2.23. The van der Waals surface area contributed by atoms with Crippen LogP contribution in [-0.4, -0.2) is 52.7 Å². The minimum Gasteiger partial charge on any atom is -0.370 e. The Bertz CT molecular complexity index is 1230. The molecule has 0 spiro atoms. The third-order valence-electron chi connectivity index (χ3n) is 6.28. The maximum absolute atomic E-state index is 5.03. The third kappa shape index (κ3) is 5.99. The highest BCUT2D eigenvalue weighted by Crippen LogP contribution is 2.37. The second-order valence-corrected chi connectivity index (χ2v) is 13.8. The van der Waals surface area contributed by atoms with Gasteiger partial charge in [-0.3, -0.25) is 9.98 Å². The zero-order valence-electron chi connectivity index (χ0n) is 21.2. The predicted octanol–water partition coefficient (Wildman–Crippen LogP) is 8.25. The van der Waals surface area contributed by atoms with Crippen LogP contribution >= 0.6 is 45.3 Å². The molecule has 4 heterocycles. The zero-order valence-corrected chi connectivity index (χ0v) is 24.4. The molecule has 5 rings (SSSR count). The second kappa shape index (κ2) is 11.4. The Balaban J connectivity index is 1.24. The number of rotatable bonds is 8. The largest absolute Gasteiger partial charge is 0.370 e. The first kappa shape index (κ1) is 25.4. The van der Waals surface area contributed by atoms with Crippen molar-refractivity contribution in [3.63, 3.8) is 0 Å². The van der Waals surface area contributed by atoms with Gasteiger partial charge in [-0.1, -0.05) is 12.8 Å². The van der Waals surface area contributed by atoms with Crippen LogP contribution in [0.3, 0.4) is 0 Å². The van der Waals surface area contributed by atoms with E-state index in [1.54, 1.807) is 0 Å².